The molecule has 0 heterocycles. The Labute approximate surface area is 142 Å². The first-order valence-corrected chi connectivity index (χ1v) is 8.58. The van der Waals surface area contributed by atoms with Crippen LogP contribution in [0.3, 0.4) is 0 Å². The molecule has 0 radical (unpaired) electrons. The summed E-state index contributed by atoms with van der Waals surface area (Å²) in [7, 11) is 0. The van der Waals surface area contributed by atoms with Gasteiger partial charge in [0.2, 0.25) is 0 Å². The van der Waals surface area contributed by atoms with E-state index in [0.29, 0.717) is 12.3 Å². The van der Waals surface area contributed by atoms with Gasteiger partial charge in [-0.1, -0.05) is 19.3 Å². The fourth-order valence-corrected chi connectivity index (χ4v) is 2.59. The first kappa shape index (κ1) is 18.0. The molecular weight excluding hydrogens is 306 g/mol. The van der Waals surface area contributed by atoms with E-state index in [-0.39, 0.29) is 0 Å². The van der Waals surface area contributed by atoms with Gasteiger partial charge >= 0.3 is 11.8 Å². The van der Waals surface area contributed by atoms with E-state index >= 15 is 0 Å². The maximum absolute atomic E-state index is 11.9. The molecule has 1 aliphatic rings. The molecule has 1 aromatic rings. The summed E-state index contributed by atoms with van der Waals surface area (Å²) in [5.41, 5.74) is 3.87. The number of nitrogens with one attached hydrogen (secondary N) is 2. The summed E-state index contributed by atoms with van der Waals surface area (Å²) in [5, 5.41) is 6.67. The van der Waals surface area contributed by atoms with Crippen molar-refractivity contribution >= 4 is 23.2 Å². The van der Waals surface area contributed by atoms with Gasteiger partial charge in [0.05, 0.1) is 6.61 Å². The van der Waals surface area contributed by atoms with E-state index < -0.39 is 11.8 Å². The Morgan fingerprint density at radius 1 is 1.00 bits per heavy atom. The van der Waals surface area contributed by atoms with Gasteiger partial charge in [0, 0.05) is 11.4 Å². The van der Waals surface area contributed by atoms with E-state index in [4.69, 9.17) is 4.74 Å². The number of ether oxygens (including phenoxy) is 1. The SMILES string of the molecule is CCOc1ccc(NC(=O)C(=O)NN=C2CCCCCCC2)cc1. The van der Waals surface area contributed by atoms with Crippen LogP contribution in [0, 0.1) is 0 Å². The van der Waals surface area contributed by atoms with E-state index in [2.05, 4.69) is 15.8 Å². The van der Waals surface area contributed by atoms with Crippen molar-refractivity contribution in [3.63, 3.8) is 0 Å². The van der Waals surface area contributed by atoms with Crippen LogP contribution in [0.4, 0.5) is 5.69 Å². The monoisotopic (exact) mass is 331 g/mol. The second-order valence-electron chi connectivity index (χ2n) is 5.80. The molecule has 0 aromatic heterocycles. The molecule has 6 heteroatoms. The van der Waals surface area contributed by atoms with E-state index in [0.717, 1.165) is 37.1 Å². The third-order valence-electron chi connectivity index (χ3n) is 3.88. The topological polar surface area (TPSA) is 79.8 Å². The number of hydrogen-bond donors (Lipinski definition) is 2. The average Bonchev–Trinajstić information content (AvgIpc) is 2.55. The van der Waals surface area contributed by atoms with Crippen molar-refractivity contribution in [2.24, 2.45) is 5.10 Å². The lowest BCUT2D eigenvalue weighted by atomic mass is 9.99. The molecule has 2 amide bonds. The van der Waals surface area contributed by atoms with E-state index in [1.165, 1.54) is 19.3 Å². The molecule has 0 spiro atoms. The number of anilines is 1. The van der Waals surface area contributed by atoms with Crippen molar-refractivity contribution in [1.82, 2.24) is 5.43 Å². The van der Waals surface area contributed by atoms with Crippen LogP contribution < -0.4 is 15.5 Å². The molecule has 0 unspecified atom stereocenters. The largest absolute Gasteiger partial charge is 0.494 e. The minimum Gasteiger partial charge on any atom is -0.494 e. The number of carbonyl (C=O) groups excluding carboxylic acids is 2. The molecule has 24 heavy (non-hydrogen) atoms. The van der Waals surface area contributed by atoms with Gasteiger partial charge in [-0.25, -0.2) is 5.43 Å². The average molecular weight is 331 g/mol. The van der Waals surface area contributed by atoms with Crippen LogP contribution in [-0.4, -0.2) is 24.1 Å². The van der Waals surface area contributed by atoms with Gasteiger partial charge in [-0.15, -0.1) is 0 Å². The minimum atomic E-state index is -0.751. The van der Waals surface area contributed by atoms with Crippen molar-refractivity contribution in [3.05, 3.63) is 24.3 Å². The lowest BCUT2D eigenvalue weighted by Gasteiger charge is -2.11. The van der Waals surface area contributed by atoms with Crippen LogP contribution >= 0.6 is 0 Å². The fraction of sp³-hybridized carbons (Fsp3) is 0.500. The third kappa shape index (κ3) is 6.02. The van der Waals surface area contributed by atoms with E-state index in [9.17, 15) is 9.59 Å². The summed E-state index contributed by atoms with van der Waals surface area (Å²) >= 11 is 0. The number of benzene rings is 1. The molecule has 0 bridgehead atoms. The Morgan fingerprint density at radius 3 is 2.25 bits per heavy atom. The first-order chi connectivity index (χ1) is 11.7. The lowest BCUT2D eigenvalue weighted by Crippen LogP contribution is -2.33. The highest BCUT2D eigenvalue weighted by Crippen LogP contribution is 2.16. The molecule has 2 rings (SSSR count). The Morgan fingerprint density at radius 2 is 1.62 bits per heavy atom. The summed E-state index contributed by atoms with van der Waals surface area (Å²) in [6.45, 7) is 2.48. The molecule has 130 valence electrons. The molecule has 0 saturated heterocycles. The van der Waals surface area contributed by atoms with Gasteiger partial charge in [-0.3, -0.25) is 9.59 Å². The van der Waals surface area contributed by atoms with Crippen LogP contribution in [0.2, 0.25) is 0 Å². The van der Waals surface area contributed by atoms with Crippen LogP contribution in [-0.2, 0) is 9.59 Å². The van der Waals surface area contributed by atoms with Gasteiger partial charge < -0.3 is 10.1 Å². The molecule has 0 atom stereocenters. The van der Waals surface area contributed by atoms with Crippen molar-refractivity contribution in [1.29, 1.82) is 0 Å². The molecule has 1 saturated carbocycles. The number of carbonyl (C=O) groups is 2. The summed E-state index contributed by atoms with van der Waals surface area (Å²) in [6, 6.07) is 6.87. The first-order valence-electron chi connectivity index (χ1n) is 8.58. The lowest BCUT2D eigenvalue weighted by molar-refractivity contribution is -0.136. The van der Waals surface area contributed by atoms with Gasteiger partial charge in [-0.2, -0.15) is 5.10 Å². The molecule has 1 aromatic carbocycles. The zero-order chi connectivity index (χ0) is 17.2. The third-order valence-corrected chi connectivity index (χ3v) is 3.88. The predicted molar refractivity (Wildman–Crippen MR) is 94.1 cm³/mol. The molecule has 1 fully saturated rings. The highest BCUT2D eigenvalue weighted by atomic mass is 16.5. The maximum Gasteiger partial charge on any atom is 0.329 e. The van der Waals surface area contributed by atoms with Crippen LogP contribution in [0.15, 0.2) is 29.4 Å². The smallest absolute Gasteiger partial charge is 0.329 e. The van der Waals surface area contributed by atoms with Crippen molar-refractivity contribution < 1.29 is 14.3 Å². The van der Waals surface area contributed by atoms with Crippen molar-refractivity contribution in [3.8, 4) is 5.75 Å². The predicted octanol–water partition coefficient (Wildman–Crippen LogP) is 3.24. The number of hydrazone groups is 1. The molecule has 1 aliphatic carbocycles. The zero-order valence-corrected chi connectivity index (χ0v) is 14.1. The molecule has 0 aliphatic heterocycles. The highest BCUT2D eigenvalue weighted by molar-refractivity contribution is 6.39. The van der Waals surface area contributed by atoms with Crippen LogP contribution in [0.5, 0.6) is 5.75 Å². The number of hydrogen-bond acceptors (Lipinski definition) is 4. The minimum absolute atomic E-state index is 0.539. The quantitative estimate of drug-likeness (QED) is 0.656. The Kier molecular flexibility index (Phi) is 7.26. The van der Waals surface area contributed by atoms with Gasteiger partial charge in [-0.05, 0) is 56.9 Å². The second kappa shape index (κ2) is 9.70. The second-order valence-corrected chi connectivity index (χ2v) is 5.80. The van der Waals surface area contributed by atoms with Crippen molar-refractivity contribution in [2.75, 3.05) is 11.9 Å². The van der Waals surface area contributed by atoms with Crippen LogP contribution in [0.1, 0.15) is 51.9 Å². The van der Waals surface area contributed by atoms with E-state index in [1.807, 2.05) is 6.92 Å². The number of amides is 2. The van der Waals surface area contributed by atoms with Gasteiger partial charge in [0.15, 0.2) is 0 Å². The molecular formula is C18H25N3O3. The maximum atomic E-state index is 11.9. The summed E-state index contributed by atoms with van der Waals surface area (Å²) < 4.78 is 5.33. The zero-order valence-electron chi connectivity index (χ0n) is 14.1. The Bertz CT molecular complexity index is 572. The van der Waals surface area contributed by atoms with Gasteiger partial charge in [0.25, 0.3) is 0 Å². The standard InChI is InChI=1S/C18H25N3O3/c1-2-24-16-12-10-14(11-13-16)19-17(22)18(23)21-20-15-8-6-4-3-5-7-9-15/h10-13H,2-9H2,1H3,(H,19,22)(H,21,23). The summed E-state index contributed by atoms with van der Waals surface area (Å²) in [6.07, 6.45) is 7.63. The summed E-state index contributed by atoms with van der Waals surface area (Å²) in [4.78, 5) is 23.8. The Hall–Kier alpha value is -2.37. The number of nitrogens with zero attached hydrogens (tertiary/aromatic N) is 1. The number of rotatable bonds is 4. The Balaban J connectivity index is 1.83. The molecule has 2 N–H and O–H groups in total. The summed E-state index contributed by atoms with van der Waals surface area (Å²) in [5.74, 6) is -0.761. The van der Waals surface area contributed by atoms with Crippen LogP contribution in [0.25, 0.3) is 0 Å². The fourth-order valence-electron chi connectivity index (χ4n) is 2.59. The van der Waals surface area contributed by atoms with Gasteiger partial charge in [0.1, 0.15) is 5.75 Å². The highest BCUT2D eigenvalue weighted by Gasteiger charge is 2.14. The van der Waals surface area contributed by atoms with Crippen molar-refractivity contribution in [2.45, 2.75) is 51.9 Å². The molecule has 6 nitrogen and oxygen atoms in total. The normalized spacial score (nSPS) is 15.0. The van der Waals surface area contributed by atoms with E-state index in [1.54, 1.807) is 24.3 Å².